The second-order valence-corrected chi connectivity index (χ2v) is 10.9. The smallest absolute Gasteiger partial charge is 0.410 e. The molecule has 0 radical (unpaired) electrons. The van der Waals surface area contributed by atoms with Crippen LogP contribution in [0.3, 0.4) is 0 Å². The topological polar surface area (TPSA) is 103 Å². The Bertz CT molecular complexity index is 1300. The third-order valence-corrected chi connectivity index (χ3v) is 9.04. The van der Waals surface area contributed by atoms with Crippen LogP contribution in [0.25, 0.3) is 0 Å². The number of likely N-dealkylation sites (tertiary alicyclic amines) is 1. The fraction of sp³-hybridized carbons (Fsp3) is 0.448. The van der Waals surface area contributed by atoms with Crippen molar-refractivity contribution in [3.63, 3.8) is 0 Å². The van der Waals surface area contributed by atoms with Gasteiger partial charge in [-0.3, -0.25) is 14.5 Å². The fourth-order valence-corrected chi connectivity index (χ4v) is 6.65. The number of hydrogen-bond acceptors (Lipinski definition) is 5. The molecule has 37 heavy (non-hydrogen) atoms. The van der Waals surface area contributed by atoms with Crippen molar-refractivity contribution in [2.24, 2.45) is 11.8 Å². The standard InChI is InChI=1S/C29H30N4O4/c1-32(27(36)37-17-19-8-3-2-4-9-19)29(15-23(29)20-10-7-11-20)26(35)33-18-28(14-21(33)16-30)22-12-5-6-13-24(22)31-25(28)34/h2-6,8-9,12-13,20-21,23H,7,10-11,14-15,17-18H2,1H3,(H,31,34)/t21-,23?,28-,29?/m0/s1. The Kier molecular flexibility index (Phi) is 5.48. The molecule has 2 heterocycles. The SMILES string of the molecule is CN(C(=O)OCc1ccccc1)C1(C(=O)N2C[C@]3(C[C@H]2C#N)C(=O)Nc2ccccc23)CC1C1CCC1. The maximum atomic E-state index is 14.3. The molecule has 4 atom stereocenters. The number of nitrogens with zero attached hydrogens (tertiary/aromatic N) is 3. The van der Waals surface area contributed by atoms with Crippen molar-refractivity contribution in [1.29, 1.82) is 5.26 Å². The number of hydrogen-bond donors (Lipinski definition) is 1. The van der Waals surface area contributed by atoms with E-state index in [4.69, 9.17) is 4.74 Å². The van der Waals surface area contributed by atoms with E-state index in [1.165, 1.54) is 4.90 Å². The molecule has 6 rings (SSSR count). The molecule has 3 amide bonds. The summed E-state index contributed by atoms with van der Waals surface area (Å²) in [7, 11) is 1.63. The molecule has 1 N–H and O–H groups in total. The van der Waals surface area contributed by atoms with E-state index in [1.54, 1.807) is 11.9 Å². The number of anilines is 1. The van der Waals surface area contributed by atoms with Gasteiger partial charge in [0.1, 0.15) is 18.2 Å². The van der Waals surface area contributed by atoms with Crippen molar-refractivity contribution in [2.45, 2.75) is 55.7 Å². The van der Waals surface area contributed by atoms with Gasteiger partial charge in [-0.1, -0.05) is 67.8 Å². The number of para-hydroxylation sites is 1. The van der Waals surface area contributed by atoms with E-state index in [0.29, 0.717) is 12.3 Å². The van der Waals surface area contributed by atoms with Crippen LogP contribution in [0, 0.1) is 23.2 Å². The van der Waals surface area contributed by atoms with Gasteiger partial charge in [-0.05, 0) is 35.4 Å². The molecule has 190 valence electrons. The molecular weight excluding hydrogens is 468 g/mol. The van der Waals surface area contributed by atoms with Crippen LogP contribution in [0.15, 0.2) is 54.6 Å². The third-order valence-electron chi connectivity index (χ3n) is 9.04. The Morgan fingerprint density at radius 3 is 2.57 bits per heavy atom. The largest absolute Gasteiger partial charge is 0.445 e. The minimum absolute atomic E-state index is 0.0311. The van der Waals surface area contributed by atoms with Crippen LogP contribution in [-0.4, -0.2) is 52.9 Å². The summed E-state index contributed by atoms with van der Waals surface area (Å²) >= 11 is 0. The minimum Gasteiger partial charge on any atom is -0.445 e. The van der Waals surface area contributed by atoms with Crippen molar-refractivity contribution in [2.75, 3.05) is 18.9 Å². The summed E-state index contributed by atoms with van der Waals surface area (Å²) in [6.07, 6.45) is 3.44. The van der Waals surface area contributed by atoms with E-state index < -0.39 is 23.1 Å². The van der Waals surface area contributed by atoms with E-state index >= 15 is 0 Å². The minimum atomic E-state index is -1.05. The fourth-order valence-electron chi connectivity index (χ4n) is 6.65. The van der Waals surface area contributed by atoms with Gasteiger partial charge in [-0.25, -0.2) is 4.79 Å². The second-order valence-electron chi connectivity index (χ2n) is 10.9. The normalized spacial score (nSPS) is 29.7. The molecule has 4 aliphatic rings. The monoisotopic (exact) mass is 498 g/mol. The van der Waals surface area contributed by atoms with Gasteiger partial charge in [0.05, 0.1) is 11.5 Å². The molecule has 2 unspecified atom stereocenters. The quantitative estimate of drug-likeness (QED) is 0.675. The molecule has 2 aromatic carbocycles. The maximum Gasteiger partial charge on any atom is 0.410 e. The summed E-state index contributed by atoms with van der Waals surface area (Å²) in [6.45, 7) is 0.242. The average Bonchev–Trinajstić information content (AvgIpc) is 3.38. The molecule has 2 saturated carbocycles. The summed E-state index contributed by atoms with van der Waals surface area (Å²) < 4.78 is 5.61. The number of carbonyl (C=O) groups is 3. The van der Waals surface area contributed by atoms with Gasteiger partial charge in [-0.15, -0.1) is 0 Å². The number of likely N-dealkylation sites (N-methyl/N-ethyl adjacent to an activating group) is 1. The Morgan fingerprint density at radius 2 is 1.86 bits per heavy atom. The molecule has 2 aliphatic heterocycles. The summed E-state index contributed by atoms with van der Waals surface area (Å²) in [4.78, 5) is 43.8. The van der Waals surface area contributed by atoms with Gasteiger partial charge in [0, 0.05) is 25.7 Å². The van der Waals surface area contributed by atoms with E-state index in [9.17, 15) is 19.6 Å². The van der Waals surface area contributed by atoms with Crippen LogP contribution in [0.1, 0.15) is 43.2 Å². The summed E-state index contributed by atoms with van der Waals surface area (Å²) in [5, 5.41) is 13.0. The number of fused-ring (bicyclic) bond motifs is 2. The van der Waals surface area contributed by atoms with Crippen molar-refractivity contribution >= 4 is 23.6 Å². The van der Waals surface area contributed by atoms with Crippen molar-refractivity contribution in [3.8, 4) is 6.07 Å². The van der Waals surface area contributed by atoms with Gasteiger partial charge in [-0.2, -0.15) is 5.26 Å². The lowest BCUT2D eigenvalue weighted by Crippen LogP contribution is -2.55. The van der Waals surface area contributed by atoms with Crippen LogP contribution < -0.4 is 5.32 Å². The first-order chi connectivity index (χ1) is 17.9. The number of nitrogens with one attached hydrogen (secondary N) is 1. The van der Waals surface area contributed by atoms with Gasteiger partial charge in [0.15, 0.2) is 0 Å². The number of benzene rings is 2. The molecular formula is C29H30N4O4. The van der Waals surface area contributed by atoms with Crippen LogP contribution >= 0.6 is 0 Å². The average molecular weight is 499 g/mol. The molecule has 8 nitrogen and oxygen atoms in total. The predicted molar refractivity (Wildman–Crippen MR) is 135 cm³/mol. The zero-order valence-corrected chi connectivity index (χ0v) is 20.9. The Hall–Kier alpha value is -3.86. The maximum absolute atomic E-state index is 14.3. The Labute approximate surface area is 216 Å². The number of rotatable bonds is 5. The van der Waals surface area contributed by atoms with E-state index in [2.05, 4.69) is 11.4 Å². The van der Waals surface area contributed by atoms with Gasteiger partial charge < -0.3 is 15.0 Å². The Morgan fingerprint density at radius 1 is 1.14 bits per heavy atom. The van der Waals surface area contributed by atoms with Gasteiger partial charge in [0.25, 0.3) is 0 Å². The molecule has 2 aliphatic carbocycles. The third kappa shape index (κ3) is 3.51. The molecule has 3 fully saturated rings. The lowest BCUT2D eigenvalue weighted by atomic mass is 9.79. The summed E-state index contributed by atoms with van der Waals surface area (Å²) in [5.74, 6) is -0.0195. The van der Waals surface area contributed by atoms with Crippen molar-refractivity contribution in [3.05, 3.63) is 65.7 Å². The first-order valence-corrected chi connectivity index (χ1v) is 13.0. The van der Waals surface area contributed by atoms with Crippen molar-refractivity contribution in [1.82, 2.24) is 9.80 Å². The summed E-state index contributed by atoms with van der Waals surface area (Å²) in [6, 6.07) is 18.4. The molecule has 1 saturated heterocycles. The van der Waals surface area contributed by atoms with E-state index in [1.807, 2.05) is 54.6 Å². The van der Waals surface area contributed by atoms with E-state index in [0.717, 1.165) is 36.1 Å². The highest BCUT2D eigenvalue weighted by Gasteiger charge is 2.70. The zero-order chi connectivity index (χ0) is 25.8. The zero-order valence-electron chi connectivity index (χ0n) is 20.9. The first-order valence-electron chi connectivity index (χ1n) is 13.0. The highest BCUT2D eigenvalue weighted by molar-refractivity contribution is 6.07. The molecule has 0 bridgehead atoms. The number of amides is 3. The van der Waals surface area contributed by atoms with Crippen molar-refractivity contribution < 1.29 is 19.1 Å². The predicted octanol–water partition coefficient (Wildman–Crippen LogP) is 3.83. The van der Waals surface area contributed by atoms with Gasteiger partial charge in [0.2, 0.25) is 11.8 Å². The highest BCUT2D eigenvalue weighted by Crippen LogP contribution is 2.59. The number of nitriles is 1. The van der Waals surface area contributed by atoms with Gasteiger partial charge >= 0.3 is 6.09 Å². The summed E-state index contributed by atoms with van der Waals surface area (Å²) in [5.41, 5.74) is 0.419. The molecule has 1 spiro atoms. The second kappa shape index (κ2) is 8.62. The lowest BCUT2D eigenvalue weighted by molar-refractivity contribution is -0.139. The lowest BCUT2D eigenvalue weighted by Gasteiger charge is -2.36. The number of carbonyl (C=O) groups excluding carboxylic acids is 3. The first kappa shape index (κ1) is 23.5. The number of ether oxygens (including phenoxy) is 1. The van der Waals surface area contributed by atoms with Crippen LogP contribution in [-0.2, 0) is 26.3 Å². The molecule has 8 heteroatoms. The molecule has 0 aromatic heterocycles. The highest BCUT2D eigenvalue weighted by atomic mass is 16.6. The van der Waals surface area contributed by atoms with E-state index in [-0.39, 0.29) is 37.3 Å². The molecule has 2 aromatic rings. The Balaban J connectivity index is 1.28. The van der Waals surface area contributed by atoms with Crippen LogP contribution in [0.4, 0.5) is 10.5 Å². The van der Waals surface area contributed by atoms with Crippen LogP contribution in [0.5, 0.6) is 0 Å². The van der Waals surface area contributed by atoms with Crippen LogP contribution in [0.2, 0.25) is 0 Å².